The van der Waals surface area contributed by atoms with Crippen molar-refractivity contribution in [3.8, 4) is 0 Å². The summed E-state index contributed by atoms with van der Waals surface area (Å²) in [6.45, 7) is 2.60. The molecule has 8 heteroatoms. The van der Waals surface area contributed by atoms with Crippen molar-refractivity contribution in [3.63, 3.8) is 0 Å². The quantitative estimate of drug-likeness (QED) is 0.533. The largest absolute Gasteiger partial charge is 0.334 e. The van der Waals surface area contributed by atoms with E-state index in [9.17, 15) is 9.18 Å². The van der Waals surface area contributed by atoms with Crippen LogP contribution in [0.2, 0.25) is 0 Å². The van der Waals surface area contributed by atoms with E-state index in [1.807, 2.05) is 19.1 Å². The van der Waals surface area contributed by atoms with Crippen LogP contribution in [0, 0.1) is 5.82 Å². The highest BCUT2D eigenvalue weighted by atomic mass is 79.9. The Morgan fingerprint density at radius 1 is 1.26 bits per heavy atom. The van der Waals surface area contributed by atoms with Crippen LogP contribution in [0.25, 0.3) is 0 Å². The first-order chi connectivity index (χ1) is 13.1. The van der Waals surface area contributed by atoms with Crippen molar-refractivity contribution in [1.82, 2.24) is 20.1 Å². The van der Waals surface area contributed by atoms with E-state index in [4.69, 9.17) is 0 Å². The zero-order chi connectivity index (χ0) is 19.2. The number of H-pyrrole nitrogens is 1. The summed E-state index contributed by atoms with van der Waals surface area (Å²) in [4.78, 5) is 18.5. The second kappa shape index (κ2) is 9.14. The Morgan fingerprint density at radius 3 is 2.70 bits per heavy atom. The van der Waals surface area contributed by atoms with Crippen LogP contribution in [0.1, 0.15) is 28.4 Å². The number of rotatable bonds is 7. The summed E-state index contributed by atoms with van der Waals surface area (Å²) in [6.07, 6.45) is 1.47. The van der Waals surface area contributed by atoms with E-state index in [1.54, 1.807) is 29.2 Å². The Morgan fingerprint density at radius 2 is 2.04 bits per heavy atom. The smallest absolute Gasteiger partial charge is 0.254 e. The number of benzene rings is 2. The number of carbonyl (C=O) groups is 1. The van der Waals surface area contributed by atoms with Crippen molar-refractivity contribution < 1.29 is 9.18 Å². The molecule has 27 heavy (non-hydrogen) atoms. The third-order valence-corrected chi connectivity index (χ3v) is 5.45. The van der Waals surface area contributed by atoms with Crippen LogP contribution in [-0.2, 0) is 12.3 Å². The fourth-order valence-electron chi connectivity index (χ4n) is 2.54. The number of halogens is 2. The molecule has 0 bridgehead atoms. The molecule has 0 aliphatic rings. The number of aromatic amines is 1. The molecule has 0 spiro atoms. The topological polar surface area (TPSA) is 61.9 Å². The highest BCUT2D eigenvalue weighted by molar-refractivity contribution is 9.10. The van der Waals surface area contributed by atoms with Gasteiger partial charge in [-0.25, -0.2) is 9.37 Å². The minimum Gasteiger partial charge on any atom is -0.334 e. The van der Waals surface area contributed by atoms with Crippen molar-refractivity contribution in [3.05, 3.63) is 75.8 Å². The number of amides is 1. The van der Waals surface area contributed by atoms with Crippen LogP contribution >= 0.6 is 27.7 Å². The summed E-state index contributed by atoms with van der Waals surface area (Å²) in [5, 5.41) is 7.36. The van der Waals surface area contributed by atoms with Gasteiger partial charge in [-0.3, -0.25) is 9.89 Å². The fourth-order valence-corrected chi connectivity index (χ4v) is 3.68. The SMILES string of the molecule is CCN(Cc1cc(Br)ccc1F)C(=O)c1ccc(CSc2ncn[nH]2)cc1. The zero-order valence-corrected chi connectivity index (χ0v) is 17.1. The molecule has 3 rings (SSSR count). The molecule has 1 heterocycles. The number of hydrogen-bond donors (Lipinski definition) is 1. The molecule has 0 aliphatic carbocycles. The molecule has 0 radical (unpaired) electrons. The van der Waals surface area contributed by atoms with Gasteiger partial charge in [0.25, 0.3) is 5.91 Å². The molecule has 0 atom stereocenters. The molecular weight excluding hydrogens is 431 g/mol. The second-order valence-corrected chi connectivity index (χ2v) is 7.71. The lowest BCUT2D eigenvalue weighted by Gasteiger charge is -2.21. The molecule has 0 unspecified atom stereocenters. The zero-order valence-electron chi connectivity index (χ0n) is 14.7. The molecule has 0 fully saturated rings. The van der Waals surface area contributed by atoms with E-state index in [0.717, 1.165) is 20.9 Å². The van der Waals surface area contributed by atoms with Crippen molar-refractivity contribution in [2.24, 2.45) is 0 Å². The Balaban J connectivity index is 1.66. The molecular formula is C19H18BrFN4OS. The second-order valence-electron chi connectivity index (χ2n) is 5.83. The lowest BCUT2D eigenvalue weighted by Crippen LogP contribution is -2.30. The maximum atomic E-state index is 14.0. The van der Waals surface area contributed by atoms with Crippen LogP contribution in [0.4, 0.5) is 4.39 Å². The Hall–Kier alpha value is -2.19. The lowest BCUT2D eigenvalue weighted by molar-refractivity contribution is 0.0751. The number of nitrogens with zero attached hydrogens (tertiary/aromatic N) is 3. The first-order valence-corrected chi connectivity index (χ1v) is 10.1. The van der Waals surface area contributed by atoms with Gasteiger partial charge in [0.1, 0.15) is 12.1 Å². The van der Waals surface area contributed by atoms with Crippen LogP contribution in [0.15, 0.2) is 58.4 Å². The molecule has 0 saturated carbocycles. The highest BCUT2D eigenvalue weighted by Gasteiger charge is 2.16. The number of aromatic nitrogens is 3. The van der Waals surface area contributed by atoms with E-state index >= 15 is 0 Å². The molecule has 1 amide bonds. The predicted molar refractivity (Wildman–Crippen MR) is 107 cm³/mol. The Labute approximate surface area is 169 Å². The molecule has 140 valence electrons. The Kier molecular flexibility index (Phi) is 6.63. The minimum atomic E-state index is -0.316. The molecule has 0 aliphatic heterocycles. The molecule has 2 aromatic carbocycles. The first-order valence-electron chi connectivity index (χ1n) is 8.37. The van der Waals surface area contributed by atoms with E-state index in [2.05, 4.69) is 31.1 Å². The summed E-state index contributed by atoms with van der Waals surface area (Å²) < 4.78 is 14.8. The molecule has 0 saturated heterocycles. The van der Waals surface area contributed by atoms with Gasteiger partial charge in [0, 0.05) is 34.4 Å². The summed E-state index contributed by atoms with van der Waals surface area (Å²) in [5.41, 5.74) is 2.15. The highest BCUT2D eigenvalue weighted by Crippen LogP contribution is 2.20. The average molecular weight is 449 g/mol. The van der Waals surface area contributed by atoms with Gasteiger partial charge in [0.05, 0.1) is 0 Å². The van der Waals surface area contributed by atoms with E-state index in [1.165, 1.54) is 24.2 Å². The van der Waals surface area contributed by atoms with Crippen molar-refractivity contribution >= 4 is 33.6 Å². The van der Waals surface area contributed by atoms with E-state index < -0.39 is 0 Å². The van der Waals surface area contributed by atoms with Gasteiger partial charge >= 0.3 is 0 Å². The fraction of sp³-hybridized carbons (Fsp3) is 0.211. The van der Waals surface area contributed by atoms with Crippen LogP contribution in [0.5, 0.6) is 0 Å². The maximum absolute atomic E-state index is 14.0. The maximum Gasteiger partial charge on any atom is 0.254 e. The summed E-state index contributed by atoms with van der Waals surface area (Å²) in [6, 6.07) is 12.2. The minimum absolute atomic E-state index is 0.119. The number of nitrogens with one attached hydrogen (secondary N) is 1. The predicted octanol–water partition coefficient (Wildman–Crippen LogP) is 4.66. The average Bonchev–Trinajstić information content (AvgIpc) is 3.20. The van der Waals surface area contributed by atoms with Crippen molar-refractivity contribution in [2.75, 3.05) is 6.54 Å². The molecule has 5 nitrogen and oxygen atoms in total. The summed E-state index contributed by atoms with van der Waals surface area (Å²) in [5.74, 6) is 0.292. The standard InChI is InChI=1S/C19H18BrFN4OS/c1-2-25(10-15-9-16(20)7-8-17(15)21)18(26)14-5-3-13(4-6-14)11-27-19-22-12-23-24-19/h3-9,12H,2,10-11H2,1H3,(H,22,23,24). The van der Waals surface area contributed by atoms with Crippen LogP contribution in [0.3, 0.4) is 0 Å². The van der Waals surface area contributed by atoms with Crippen LogP contribution in [-0.4, -0.2) is 32.5 Å². The van der Waals surface area contributed by atoms with Gasteiger partial charge < -0.3 is 4.90 Å². The van der Waals surface area contributed by atoms with Crippen molar-refractivity contribution in [1.29, 1.82) is 0 Å². The van der Waals surface area contributed by atoms with Gasteiger partial charge in [-0.05, 0) is 42.8 Å². The van der Waals surface area contributed by atoms with E-state index in [0.29, 0.717) is 17.7 Å². The normalized spacial score (nSPS) is 10.8. The third kappa shape index (κ3) is 5.17. The lowest BCUT2D eigenvalue weighted by atomic mass is 10.1. The summed E-state index contributed by atoms with van der Waals surface area (Å²) in [7, 11) is 0. The third-order valence-electron chi connectivity index (χ3n) is 4.01. The van der Waals surface area contributed by atoms with Gasteiger partial charge in [-0.2, -0.15) is 5.10 Å². The van der Waals surface area contributed by atoms with Gasteiger partial charge in [-0.1, -0.05) is 39.8 Å². The van der Waals surface area contributed by atoms with E-state index in [-0.39, 0.29) is 18.3 Å². The van der Waals surface area contributed by atoms with Gasteiger partial charge in [-0.15, -0.1) is 0 Å². The molecule has 1 aromatic heterocycles. The summed E-state index contributed by atoms with van der Waals surface area (Å²) >= 11 is 4.88. The van der Waals surface area contributed by atoms with Crippen LogP contribution < -0.4 is 0 Å². The first kappa shape index (κ1) is 19.6. The number of thioether (sulfide) groups is 1. The molecule has 3 aromatic rings. The Bertz CT molecular complexity index is 903. The van der Waals surface area contributed by atoms with Gasteiger partial charge in [0.15, 0.2) is 5.16 Å². The monoisotopic (exact) mass is 448 g/mol. The number of hydrogen-bond acceptors (Lipinski definition) is 4. The molecule has 1 N–H and O–H groups in total. The number of carbonyl (C=O) groups excluding carboxylic acids is 1. The van der Waals surface area contributed by atoms with Crippen molar-refractivity contribution in [2.45, 2.75) is 24.4 Å². The van der Waals surface area contributed by atoms with Gasteiger partial charge in [0.2, 0.25) is 0 Å².